The molecule has 194 valence electrons. The average Bonchev–Trinajstić information content (AvgIpc) is 3.33. The Morgan fingerprint density at radius 3 is 2.58 bits per heavy atom. The first-order valence-corrected chi connectivity index (χ1v) is 12.1. The van der Waals surface area contributed by atoms with Crippen LogP contribution >= 0.6 is 0 Å². The second-order valence-electron chi connectivity index (χ2n) is 11.1. The van der Waals surface area contributed by atoms with Crippen molar-refractivity contribution in [2.75, 3.05) is 13.7 Å². The molecule has 2 saturated carbocycles. The van der Waals surface area contributed by atoms with Gasteiger partial charge in [-0.15, -0.1) is 0 Å². The number of esters is 4. The van der Waals surface area contributed by atoms with Crippen LogP contribution in [0.3, 0.4) is 0 Å². The van der Waals surface area contributed by atoms with E-state index in [1.54, 1.807) is 6.08 Å². The Morgan fingerprint density at radius 1 is 1.19 bits per heavy atom. The molecule has 1 spiro atoms. The Morgan fingerprint density at radius 2 is 1.92 bits per heavy atom. The Hall–Kier alpha value is -2.76. The summed E-state index contributed by atoms with van der Waals surface area (Å²) in [5.74, 6) is -5.08. The summed E-state index contributed by atoms with van der Waals surface area (Å²) in [5, 5.41) is 23.2. The molecule has 3 aliphatic heterocycles. The van der Waals surface area contributed by atoms with Gasteiger partial charge in [0.1, 0.15) is 18.0 Å². The third kappa shape index (κ3) is 2.48. The van der Waals surface area contributed by atoms with Crippen molar-refractivity contribution in [3.8, 4) is 0 Å². The number of ether oxygens (including phenoxy) is 5. The first kappa shape index (κ1) is 23.6. The second-order valence-corrected chi connectivity index (χ2v) is 11.1. The molecule has 2 bridgehead atoms. The van der Waals surface area contributed by atoms with E-state index < -0.39 is 76.6 Å². The molecule has 6 rings (SSSR count). The van der Waals surface area contributed by atoms with Crippen LogP contribution in [-0.2, 0) is 42.9 Å². The number of fused-ring (bicyclic) bond motifs is 3. The van der Waals surface area contributed by atoms with E-state index >= 15 is 0 Å². The molecule has 0 aromatic rings. The van der Waals surface area contributed by atoms with Gasteiger partial charge in [0.25, 0.3) is 0 Å². The van der Waals surface area contributed by atoms with Crippen molar-refractivity contribution >= 4 is 23.9 Å². The number of hydrogen-bond acceptors (Lipinski definition) is 11. The Balaban J connectivity index is 1.60. The standard InChI is InChI=1S/C25H28O11/c1-9-11-5-15(27)35-13(11)7-23(3)12(9)6-14-24-8-33-25(22(31)32-4,20(29)16(28)18(23)24)19(24)17(21(30)36-14)34-10(2)26/h5,7,9,12,14,16-20,28-29H,6,8H2,1-4H3/t9-,12+,14-,16-,17+,18-,19-,20-,23-,24-,25+/m1/s1. The van der Waals surface area contributed by atoms with Crippen LogP contribution in [0.1, 0.15) is 27.2 Å². The topological polar surface area (TPSA) is 155 Å². The molecule has 11 atom stereocenters. The molecule has 4 fully saturated rings. The summed E-state index contributed by atoms with van der Waals surface area (Å²) in [6.07, 6.45) is -2.08. The Labute approximate surface area is 206 Å². The van der Waals surface area contributed by atoms with Gasteiger partial charge in [-0.05, 0) is 29.7 Å². The van der Waals surface area contributed by atoms with Gasteiger partial charge in [0, 0.05) is 29.9 Å². The van der Waals surface area contributed by atoms with Gasteiger partial charge in [-0.1, -0.05) is 13.8 Å². The van der Waals surface area contributed by atoms with Crippen LogP contribution in [0.15, 0.2) is 23.5 Å². The van der Waals surface area contributed by atoms with E-state index in [2.05, 4.69) is 0 Å². The fraction of sp³-hybridized carbons (Fsp3) is 0.680. The maximum Gasteiger partial charge on any atom is 0.348 e. The number of hydrogen-bond donors (Lipinski definition) is 2. The molecule has 0 amide bonds. The summed E-state index contributed by atoms with van der Waals surface area (Å²) in [6, 6.07) is 0. The van der Waals surface area contributed by atoms with Crippen LogP contribution in [0.4, 0.5) is 0 Å². The predicted octanol–water partition coefficient (Wildman–Crippen LogP) is -0.217. The van der Waals surface area contributed by atoms with Gasteiger partial charge in [0.2, 0.25) is 11.7 Å². The molecule has 36 heavy (non-hydrogen) atoms. The van der Waals surface area contributed by atoms with E-state index in [-0.39, 0.29) is 18.4 Å². The molecule has 3 aliphatic carbocycles. The van der Waals surface area contributed by atoms with Crippen LogP contribution in [0.2, 0.25) is 0 Å². The SMILES string of the molecule is COC(=O)[C@@]12OC[C@]34[C@H]([C@@H](O)[C@H]1O)[C@]1(C)C=C5OC(=O)C=C5[C@@H](C)[C@@H]1C[C@H]3OC(=O)[C@@H](OC(C)=O)[C@@H]24. The number of aliphatic hydroxyl groups excluding tert-OH is 2. The summed E-state index contributed by atoms with van der Waals surface area (Å²) >= 11 is 0. The third-order valence-electron chi connectivity index (χ3n) is 9.72. The fourth-order valence-electron chi connectivity index (χ4n) is 8.58. The van der Waals surface area contributed by atoms with Crippen LogP contribution in [0.5, 0.6) is 0 Å². The Kier molecular flexibility index (Phi) is 4.71. The van der Waals surface area contributed by atoms with Crippen LogP contribution in [0.25, 0.3) is 0 Å². The lowest BCUT2D eigenvalue weighted by Gasteiger charge is -2.67. The van der Waals surface area contributed by atoms with Gasteiger partial charge in [-0.3, -0.25) is 4.79 Å². The van der Waals surface area contributed by atoms with Gasteiger partial charge in [0.15, 0.2) is 0 Å². The maximum atomic E-state index is 13.2. The zero-order valence-electron chi connectivity index (χ0n) is 20.3. The number of allylic oxidation sites excluding steroid dienone is 2. The molecule has 3 heterocycles. The quantitative estimate of drug-likeness (QED) is 0.379. The highest BCUT2D eigenvalue weighted by Crippen LogP contribution is 2.73. The van der Waals surface area contributed by atoms with Crippen molar-refractivity contribution in [3.05, 3.63) is 23.5 Å². The van der Waals surface area contributed by atoms with Gasteiger partial charge in [-0.2, -0.15) is 0 Å². The highest BCUT2D eigenvalue weighted by Gasteiger charge is 2.85. The number of methoxy groups -OCH3 is 1. The first-order chi connectivity index (χ1) is 16.9. The average molecular weight is 504 g/mol. The van der Waals surface area contributed by atoms with Gasteiger partial charge < -0.3 is 33.9 Å². The summed E-state index contributed by atoms with van der Waals surface area (Å²) in [6.45, 7) is 4.84. The molecule has 6 aliphatic rings. The van der Waals surface area contributed by atoms with Crippen LogP contribution in [-0.4, -0.2) is 77.8 Å². The van der Waals surface area contributed by atoms with E-state index in [1.807, 2.05) is 13.8 Å². The predicted molar refractivity (Wildman–Crippen MR) is 115 cm³/mol. The van der Waals surface area contributed by atoms with Crippen molar-refractivity contribution in [2.45, 2.75) is 57.2 Å². The Bertz CT molecular complexity index is 1160. The molecule has 11 heteroatoms. The van der Waals surface area contributed by atoms with Crippen molar-refractivity contribution in [1.29, 1.82) is 0 Å². The molecular formula is C25H28O11. The van der Waals surface area contributed by atoms with E-state index in [0.29, 0.717) is 12.2 Å². The largest absolute Gasteiger partial charge is 0.467 e. The smallest absolute Gasteiger partial charge is 0.348 e. The van der Waals surface area contributed by atoms with Crippen molar-refractivity contribution in [1.82, 2.24) is 0 Å². The number of aliphatic hydroxyl groups is 2. The first-order valence-electron chi connectivity index (χ1n) is 12.1. The highest BCUT2D eigenvalue weighted by molar-refractivity contribution is 5.89. The number of carbonyl (C=O) groups excluding carboxylic acids is 4. The van der Waals surface area contributed by atoms with Crippen LogP contribution < -0.4 is 0 Å². The van der Waals surface area contributed by atoms with Crippen molar-refractivity contribution in [2.24, 2.45) is 34.5 Å². The summed E-state index contributed by atoms with van der Waals surface area (Å²) < 4.78 is 27.8. The molecule has 0 aromatic carbocycles. The van der Waals surface area contributed by atoms with Gasteiger partial charge in [-0.25, -0.2) is 14.4 Å². The fourth-order valence-corrected chi connectivity index (χ4v) is 8.58. The summed E-state index contributed by atoms with van der Waals surface area (Å²) in [5.41, 5.74) is -3.49. The lowest BCUT2D eigenvalue weighted by Crippen LogP contribution is -2.79. The monoisotopic (exact) mass is 504 g/mol. The van der Waals surface area contributed by atoms with E-state index in [0.717, 1.165) is 19.6 Å². The van der Waals surface area contributed by atoms with Crippen LogP contribution in [0, 0.1) is 34.5 Å². The molecule has 0 radical (unpaired) electrons. The molecule has 2 saturated heterocycles. The highest BCUT2D eigenvalue weighted by atomic mass is 16.6. The van der Waals surface area contributed by atoms with E-state index in [1.165, 1.54) is 6.08 Å². The second kappa shape index (κ2) is 7.17. The minimum atomic E-state index is -2.15. The molecule has 11 nitrogen and oxygen atoms in total. The van der Waals surface area contributed by atoms with Crippen molar-refractivity contribution in [3.63, 3.8) is 0 Å². The summed E-state index contributed by atoms with van der Waals surface area (Å²) in [7, 11) is 1.11. The molecule has 0 aromatic heterocycles. The maximum absolute atomic E-state index is 13.2. The zero-order chi connectivity index (χ0) is 25.9. The normalized spacial score (nSPS) is 49.9. The summed E-state index contributed by atoms with van der Waals surface area (Å²) in [4.78, 5) is 50.6. The molecule has 2 N–H and O–H groups in total. The van der Waals surface area contributed by atoms with Crippen molar-refractivity contribution < 1.29 is 53.1 Å². The van der Waals surface area contributed by atoms with E-state index in [4.69, 9.17) is 23.7 Å². The minimum absolute atomic E-state index is 0.149. The van der Waals surface area contributed by atoms with Gasteiger partial charge in [0.05, 0.1) is 25.7 Å². The molecule has 0 unspecified atom stereocenters. The zero-order valence-corrected chi connectivity index (χ0v) is 20.3. The van der Waals surface area contributed by atoms with Gasteiger partial charge >= 0.3 is 23.9 Å². The minimum Gasteiger partial charge on any atom is -0.467 e. The lowest BCUT2D eigenvalue weighted by atomic mass is 9.38. The third-order valence-corrected chi connectivity index (χ3v) is 9.72. The lowest BCUT2D eigenvalue weighted by molar-refractivity contribution is -0.288. The number of rotatable bonds is 2. The molecular weight excluding hydrogens is 476 g/mol. The van der Waals surface area contributed by atoms with E-state index in [9.17, 15) is 29.4 Å². The number of carbonyl (C=O) groups is 4.